The van der Waals surface area contributed by atoms with E-state index in [1.807, 2.05) is 0 Å². The Balaban J connectivity index is 1.98. The molecule has 0 N–H and O–H groups in total. The van der Waals surface area contributed by atoms with Gasteiger partial charge in [0.25, 0.3) is 5.56 Å². The van der Waals surface area contributed by atoms with Gasteiger partial charge in [0.05, 0.1) is 13.7 Å². The Hall–Kier alpha value is -2.74. The maximum atomic E-state index is 14.5. The van der Waals surface area contributed by atoms with E-state index in [0.717, 1.165) is 12.1 Å². The number of anilines is 1. The van der Waals surface area contributed by atoms with Gasteiger partial charge in [-0.1, -0.05) is 0 Å². The molecule has 150 valence electrons. The molecule has 1 aliphatic heterocycles. The molecule has 1 aromatic heterocycles. The lowest BCUT2D eigenvalue weighted by Crippen LogP contribution is -2.38. The number of carbonyl (C=O) groups excluding carboxylic acids is 1. The van der Waals surface area contributed by atoms with Crippen molar-refractivity contribution in [2.45, 2.75) is 31.8 Å². The molecule has 28 heavy (non-hydrogen) atoms. The number of amides is 1. The minimum absolute atomic E-state index is 0.0664. The molecule has 2 unspecified atom stereocenters. The monoisotopic (exact) mass is 392 g/mol. The third kappa shape index (κ3) is 3.52. The minimum atomic E-state index is -0.770. The molecule has 2 aromatic rings. The van der Waals surface area contributed by atoms with Crippen molar-refractivity contribution >= 4 is 11.6 Å². The fourth-order valence-electron chi connectivity index (χ4n) is 3.67. The molecule has 1 aliphatic rings. The van der Waals surface area contributed by atoms with Crippen LogP contribution >= 0.6 is 0 Å². The molecule has 0 spiro atoms. The molecule has 2 heterocycles. The van der Waals surface area contributed by atoms with Gasteiger partial charge in [0.15, 0.2) is 0 Å². The Bertz CT molecular complexity index is 921. The number of pyridine rings is 1. The molecule has 0 saturated carbocycles. The van der Waals surface area contributed by atoms with Gasteiger partial charge in [0.1, 0.15) is 23.1 Å². The lowest BCUT2D eigenvalue weighted by Gasteiger charge is -2.25. The molecule has 8 heteroatoms. The van der Waals surface area contributed by atoms with Crippen LogP contribution in [0, 0.1) is 11.6 Å². The van der Waals surface area contributed by atoms with Crippen molar-refractivity contribution in [3.8, 4) is 5.75 Å². The Morgan fingerprint density at radius 1 is 1.18 bits per heavy atom. The molecule has 1 fully saturated rings. The summed E-state index contributed by atoms with van der Waals surface area (Å²) < 4.78 is 40.4. The van der Waals surface area contributed by atoms with Crippen LogP contribution in [0.3, 0.4) is 0 Å². The van der Waals surface area contributed by atoms with E-state index in [-0.39, 0.29) is 34.9 Å². The zero-order valence-electron chi connectivity index (χ0n) is 15.9. The maximum Gasteiger partial charge on any atom is 0.274 e. The van der Waals surface area contributed by atoms with Crippen molar-refractivity contribution < 1.29 is 23.0 Å². The molecule has 0 bridgehead atoms. The van der Waals surface area contributed by atoms with Gasteiger partial charge >= 0.3 is 0 Å². The molecule has 3 rings (SSSR count). The van der Waals surface area contributed by atoms with E-state index in [1.165, 1.54) is 23.7 Å². The van der Waals surface area contributed by atoms with E-state index in [1.54, 1.807) is 25.3 Å². The van der Waals surface area contributed by atoms with Crippen molar-refractivity contribution in [1.29, 1.82) is 0 Å². The minimum Gasteiger partial charge on any atom is -0.497 e. The summed E-state index contributed by atoms with van der Waals surface area (Å²) in [7, 11) is 2.85. The van der Waals surface area contributed by atoms with Gasteiger partial charge in [-0.05, 0) is 19.1 Å². The topological polar surface area (TPSA) is 60.8 Å². The number of hydrogen-bond donors (Lipinski definition) is 0. The van der Waals surface area contributed by atoms with Gasteiger partial charge in [-0.3, -0.25) is 9.59 Å². The van der Waals surface area contributed by atoms with Crippen molar-refractivity contribution in [3.63, 3.8) is 0 Å². The quantitative estimate of drug-likeness (QED) is 0.759. The molecule has 1 saturated heterocycles. The zero-order valence-corrected chi connectivity index (χ0v) is 15.9. The van der Waals surface area contributed by atoms with Gasteiger partial charge in [0, 0.05) is 55.9 Å². The average molecular weight is 392 g/mol. The van der Waals surface area contributed by atoms with E-state index in [4.69, 9.17) is 9.47 Å². The van der Waals surface area contributed by atoms with Crippen LogP contribution in [0.25, 0.3) is 0 Å². The first-order valence-electron chi connectivity index (χ1n) is 8.92. The predicted molar refractivity (Wildman–Crippen MR) is 99.8 cm³/mol. The molecule has 2 atom stereocenters. The number of ether oxygens (including phenoxy) is 2. The normalized spacial score (nSPS) is 19.3. The van der Waals surface area contributed by atoms with E-state index in [9.17, 15) is 18.4 Å². The van der Waals surface area contributed by atoms with Gasteiger partial charge < -0.3 is 18.9 Å². The van der Waals surface area contributed by atoms with Crippen molar-refractivity contribution in [2.24, 2.45) is 0 Å². The highest BCUT2D eigenvalue weighted by Crippen LogP contribution is 2.39. The van der Waals surface area contributed by atoms with E-state index in [2.05, 4.69) is 0 Å². The van der Waals surface area contributed by atoms with E-state index < -0.39 is 23.6 Å². The summed E-state index contributed by atoms with van der Waals surface area (Å²) in [6.07, 6.45) is 1.52. The fraction of sp³-hybridized carbons (Fsp3) is 0.400. The number of aromatic nitrogens is 1. The van der Waals surface area contributed by atoms with Gasteiger partial charge in [-0.25, -0.2) is 8.78 Å². The number of methoxy groups -OCH3 is 2. The summed E-state index contributed by atoms with van der Waals surface area (Å²) in [5, 5.41) is 0. The standard InChI is InChI=1S/C20H22F2N2O4/c1-12-14(19-15(21)9-13(28-3)10-16(19)22)11-18(25)24(12)17-5-4-6-23(20(17)26)7-8-27-2/h4-6,9-10,12,14H,7-8,11H2,1-3H3. The lowest BCUT2D eigenvalue weighted by molar-refractivity contribution is -0.117. The van der Waals surface area contributed by atoms with E-state index >= 15 is 0 Å². The Morgan fingerprint density at radius 3 is 2.46 bits per heavy atom. The number of hydrogen-bond acceptors (Lipinski definition) is 4. The second-order valence-electron chi connectivity index (χ2n) is 6.70. The molecule has 0 aliphatic carbocycles. The van der Waals surface area contributed by atoms with Gasteiger partial charge in [-0.2, -0.15) is 0 Å². The van der Waals surface area contributed by atoms with Crippen LogP contribution in [0.1, 0.15) is 24.8 Å². The highest BCUT2D eigenvalue weighted by molar-refractivity contribution is 5.97. The largest absolute Gasteiger partial charge is 0.497 e. The summed E-state index contributed by atoms with van der Waals surface area (Å²) in [5.74, 6) is -2.54. The van der Waals surface area contributed by atoms with Crippen molar-refractivity contribution in [3.05, 3.63) is 58.0 Å². The Labute approximate surface area is 161 Å². The molecule has 1 amide bonds. The number of benzene rings is 1. The number of nitrogens with zero attached hydrogens (tertiary/aromatic N) is 2. The maximum absolute atomic E-state index is 14.5. The average Bonchev–Trinajstić information content (AvgIpc) is 2.94. The van der Waals surface area contributed by atoms with Crippen LogP contribution in [-0.4, -0.2) is 37.3 Å². The zero-order chi connectivity index (χ0) is 20.4. The van der Waals surface area contributed by atoms with Crippen molar-refractivity contribution in [2.75, 3.05) is 25.7 Å². The van der Waals surface area contributed by atoms with Crippen LogP contribution in [0.15, 0.2) is 35.3 Å². The van der Waals surface area contributed by atoms with Gasteiger partial charge in [0.2, 0.25) is 5.91 Å². The van der Waals surface area contributed by atoms with Crippen LogP contribution in [0.4, 0.5) is 14.5 Å². The van der Waals surface area contributed by atoms with Crippen LogP contribution in [-0.2, 0) is 16.1 Å². The molecule has 6 nitrogen and oxygen atoms in total. The number of halogens is 2. The third-order valence-corrected chi connectivity index (χ3v) is 5.11. The third-order valence-electron chi connectivity index (χ3n) is 5.11. The second-order valence-corrected chi connectivity index (χ2v) is 6.70. The summed E-state index contributed by atoms with van der Waals surface area (Å²) in [5.41, 5.74) is -0.330. The molecule has 1 aromatic carbocycles. The molecular weight excluding hydrogens is 370 g/mol. The first-order valence-corrected chi connectivity index (χ1v) is 8.92. The summed E-state index contributed by atoms with van der Waals surface area (Å²) in [6, 6.07) is 4.81. The first kappa shape index (κ1) is 20.0. The Kier molecular flexibility index (Phi) is 5.79. The summed E-state index contributed by atoms with van der Waals surface area (Å²) >= 11 is 0. The Morgan fingerprint density at radius 2 is 1.86 bits per heavy atom. The summed E-state index contributed by atoms with van der Waals surface area (Å²) in [6.45, 7) is 2.37. The highest BCUT2D eigenvalue weighted by Gasteiger charge is 2.42. The van der Waals surface area contributed by atoms with Crippen LogP contribution in [0.2, 0.25) is 0 Å². The SMILES string of the molecule is COCCn1cccc(N2C(=O)CC(c3c(F)cc(OC)cc3F)C2C)c1=O. The fourth-order valence-corrected chi connectivity index (χ4v) is 3.67. The lowest BCUT2D eigenvalue weighted by atomic mass is 9.91. The smallest absolute Gasteiger partial charge is 0.274 e. The van der Waals surface area contributed by atoms with Crippen LogP contribution < -0.4 is 15.2 Å². The number of rotatable bonds is 6. The molecular formula is C20H22F2N2O4. The highest BCUT2D eigenvalue weighted by atomic mass is 19.1. The number of carbonyl (C=O) groups is 1. The van der Waals surface area contributed by atoms with Crippen molar-refractivity contribution in [1.82, 2.24) is 4.57 Å². The summed E-state index contributed by atoms with van der Waals surface area (Å²) in [4.78, 5) is 26.8. The predicted octanol–water partition coefficient (Wildman–Crippen LogP) is 2.69. The first-order chi connectivity index (χ1) is 13.4. The van der Waals surface area contributed by atoms with Gasteiger partial charge in [-0.15, -0.1) is 0 Å². The molecule has 0 radical (unpaired) electrons. The second kappa shape index (κ2) is 8.10. The van der Waals surface area contributed by atoms with Crippen LogP contribution in [0.5, 0.6) is 5.75 Å². The van der Waals surface area contributed by atoms with E-state index in [0.29, 0.717) is 13.2 Å².